The SMILES string of the molecule is CCC(=O)O.[Cu]. The third-order valence-electron chi connectivity index (χ3n) is 0.302. The molecule has 0 spiro atoms. The normalized spacial score (nSPS) is 6.17. The van der Waals surface area contributed by atoms with E-state index in [1.54, 1.807) is 6.92 Å². The van der Waals surface area contributed by atoms with Gasteiger partial charge in [0.2, 0.25) is 0 Å². The van der Waals surface area contributed by atoms with Crippen LogP contribution in [-0.2, 0) is 21.9 Å². The number of hydrogen-bond donors (Lipinski definition) is 1. The molecular weight excluding hydrogens is 132 g/mol. The Morgan fingerprint density at radius 1 is 1.83 bits per heavy atom. The first kappa shape index (κ1) is 9.37. The largest absolute Gasteiger partial charge is 0.481 e. The molecule has 0 saturated heterocycles. The Labute approximate surface area is 47.0 Å². The van der Waals surface area contributed by atoms with Crippen LogP contribution in [0.1, 0.15) is 13.3 Å². The fraction of sp³-hybridized carbons (Fsp3) is 0.667. The van der Waals surface area contributed by atoms with Crippen molar-refractivity contribution in [2.24, 2.45) is 0 Å². The van der Waals surface area contributed by atoms with Gasteiger partial charge in [0.1, 0.15) is 0 Å². The summed E-state index contributed by atoms with van der Waals surface area (Å²) in [7, 11) is 0. The summed E-state index contributed by atoms with van der Waals surface area (Å²) in [6.07, 6.45) is 0.222. The van der Waals surface area contributed by atoms with Gasteiger partial charge in [-0.3, -0.25) is 4.79 Å². The number of carbonyl (C=O) groups is 1. The average molecular weight is 138 g/mol. The van der Waals surface area contributed by atoms with Crippen LogP contribution in [0.3, 0.4) is 0 Å². The fourth-order valence-electron chi connectivity index (χ4n) is 0. The predicted octanol–water partition coefficient (Wildman–Crippen LogP) is 0.478. The van der Waals surface area contributed by atoms with Gasteiger partial charge in [-0.15, -0.1) is 0 Å². The van der Waals surface area contributed by atoms with E-state index in [1.807, 2.05) is 0 Å². The van der Waals surface area contributed by atoms with E-state index < -0.39 is 5.97 Å². The molecule has 0 rings (SSSR count). The third-order valence-corrected chi connectivity index (χ3v) is 0.302. The Morgan fingerprint density at radius 3 is 2.00 bits per heavy atom. The molecule has 0 aliphatic heterocycles. The van der Waals surface area contributed by atoms with E-state index in [9.17, 15) is 4.79 Å². The molecule has 0 aliphatic carbocycles. The van der Waals surface area contributed by atoms with E-state index in [-0.39, 0.29) is 23.5 Å². The van der Waals surface area contributed by atoms with Crippen LogP contribution in [0.4, 0.5) is 0 Å². The molecule has 0 amide bonds. The maximum atomic E-state index is 9.37. The summed E-state index contributed by atoms with van der Waals surface area (Å²) in [4.78, 5) is 9.37. The maximum absolute atomic E-state index is 9.37. The zero-order chi connectivity index (χ0) is 4.28. The van der Waals surface area contributed by atoms with Crippen molar-refractivity contribution in [3.8, 4) is 0 Å². The van der Waals surface area contributed by atoms with E-state index in [4.69, 9.17) is 5.11 Å². The number of rotatable bonds is 1. The second-order valence-electron chi connectivity index (χ2n) is 0.747. The van der Waals surface area contributed by atoms with Gasteiger partial charge in [0, 0.05) is 23.5 Å². The summed E-state index contributed by atoms with van der Waals surface area (Å²) in [5, 5.41) is 7.72. The summed E-state index contributed by atoms with van der Waals surface area (Å²) in [6, 6.07) is 0. The Hall–Kier alpha value is -0.0105. The molecule has 0 heterocycles. The van der Waals surface area contributed by atoms with E-state index in [0.717, 1.165) is 0 Å². The molecule has 1 N–H and O–H groups in total. The Balaban J connectivity index is 0. The van der Waals surface area contributed by atoms with Gasteiger partial charge >= 0.3 is 5.97 Å². The fourth-order valence-corrected chi connectivity index (χ4v) is 0. The molecule has 2 nitrogen and oxygen atoms in total. The molecule has 0 aromatic carbocycles. The summed E-state index contributed by atoms with van der Waals surface area (Å²) in [5.74, 6) is -0.745. The first-order valence-corrected chi connectivity index (χ1v) is 1.49. The Morgan fingerprint density at radius 2 is 2.00 bits per heavy atom. The minimum atomic E-state index is -0.745. The van der Waals surface area contributed by atoms with Gasteiger partial charge in [0.15, 0.2) is 0 Å². The quantitative estimate of drug-likeness (QED) is 0.534. The Bertz CT molecular complexity index is 44.1. The minimum Gasteiger partial charge on any atom is -0.481 e. The molecule has 0 aliphatic rings. The zero-order valence-corrected chi connectivity index (χ0v) is 4.31. The van der Waals surface area contributed by atoms with E-state index in [0.29, 0.717) is 0 Å². The van der Waals surface area contributed by atoms with Crippen molar-refractivity contribution in [2.75, 3.05) is 0 Å². The summed E-state index contributed by atoms with van der Waals surface area (Å²) < 4.78 is 0. The molecule has 3 heteroatoms. The van der Waals surface area contributed by atoms with Gasteiger partial charge in [-0.25, -0.2) is 0 Å². The number of hydrogen-bond acceptors (Lipinski definition) is 1. The second-order valence-corrected chi connectivity index (χ2v) is 0.747. The van der Waals surface area contributed by atoms with Crippen molar-refractivity contribution < 1.29 is 27.0 Å². The van der Waals surface area contributed by atoms with E-state index in [1.165, 1.54) is 0 Å². The van der Waals surface area contributed by atoms with Crippen LogP contribution in [0, 0.1) is 0 Å². The van der Waals surface area contributed by atoms with Crippen LogP contribution in [0.15, 0.2) is 0 Å². The van der Waals surface area contributed by atoms with Crippen LogP contribution in [-0.4, -0.2) is 11.1 Å². The molecule has 6 heavy (non-hydrogen) atoms. The maximum Gasteiger partial charge on any atom is 0.303 e. The topological polar surface area (TPSA) is 37.3 Å². The summed E-state index contributed by atoms with van der Waals surface area (Å²) in [6.45, 7) is 1.60. The van der Waals surface area contributed by atoms with E-state index >= 15 is 0 Å². The molecule has 0 fully saturated rings. The molecule has 0 unspecified atom stereocenters. The number of carboxylic acids is 1. The molecule has 0 bridgehead atoms. The third kappa shape index (κ3) is 9.01. The van der Waals surface area contributed by atoms with Gasteiger partial charge in [-0.1, -0.05) is 6.92 Å². The van der Waals surface area contributed by atoms with Crippen molar-refractivity contribution in [1.29, 1.82) is 0 Å². The number of aliphatic carboxylic acids is 1. The van der Waals surface area contributed by atoms with Crippen molar-refractivity contribution in [3.05, 3.63) is 0 Å². The molecule has 0 saturated carbocycles. The standard InChI is InChI=1S/C3H6O2.Cu/c1-2-3(4)5;/h2H2,1H3,(H,4,5);. The van der Waals surface area contributed by atoms with Crippen LogP contribution in [0.25, 0.3) is 0 Å². The van der Waals surface area contributed by atoms with Crippen LogP contribution < -0.4 is 0 Å². The number of carboxylic acid groups (broad SMARTS) is 1. The van der Waals surface area contributed by atoms with Gasteiger partial charge < -0.3 is 5.11 Å². The van der Waals surface area contributed by atoms with Crippen LogP contribution in [0.2, 0.25) is 0 Å². The monoisotopic (exact) mass is 137 g/mol. The first-order valence-electron chi connectivity index (χ1n) is 1.49. The van der Waals surface area contributed by atoms with Gasteiger partial charge in [-0.05, 0) is 0 Å². The summed E-state index contributed by atoms with van der Waals surface area (Å²) >= 11 is 0. The Kier molecular flexibility index (Phi) is 7.79. The van der Waals surface area contributed by atoms with Gasteiger partial charge in [0.25, 0.3) is 0 Å². The molecule has 0 aromatic rings. The van der Waals surface area contributed by atoms with Crippen LogP contribution in [0.5, 0.6) is 0 Å². The first-order chi connectivity index (χ1) is 2.27. The van der Waals surface area contributed by atoms with E-state index in [2.05, 4.69) is 0 Å². The van der Waals surface area contributed by atoms with Crippen molar-refractivity contribution >= 4 is 5.97 Å². The minimum absolute atomic E-state index is 0. The van der Waals surface area contributed by atoms with Crippen molar-refractivity contribution in [3.63, 3.8) is 0 Å². The van der Waals surface area contributed by atoms with Crippen LogP contribution >= 0.6 is 0 Å². The smallest absolute Gasteiger partial charge is 0.303 e. The molecule has 0 atom stereocenters. The predicted molar refractivity (Wildman–Crippen MR) is 17.9 cm³/mol. The molecule has 0 aromatic heterocycles. The van der Waals surface area contributed by atoms with Gasteiger partial charge in [0.05, 0.1) is 0 Å². The van der Waals surface area contributed by atoms with Crippen molar-refractivity contribution in [1.82, 2.24) is 0 Å². The second kappa shape index (κ2) is 4.99. The van der Waals surface area contributed by atoms with Crippen molar-refractivity contribution in [2.45, 2.75) is 13.3 Å². The average Bonchev–Trinajstić information content (AvgIpc) is 1.38. The summed E-state index contributed by atoms with van der Waals surface area (Å²) in [5.41, 5.74) is 0. The molecular formula is C3H6CuO2. The zero-order valence-electron chi connectivity index (χ0n) is 3.36. The van der Waals surface area contributed by atoms with Gasteiger partial charge in [-0.2, -0.15) is 0 Å². The molecule has 41 valence electrons. The molecule has 1 radical (unpaired) electrons.